The summed E-state index contributed by atoms with van der Waals surface area (Å²) in [5, 5.41) is 12.0. The van der Waals surface area contributed by atoms with Crippen molar-refractivity contribution >= 4 is 50.7 Å². The Morgan fingerprint density at radius 3 is 2.52 bits per heavy atom. The number of nitrogens with zero attached hydrogens (tertiary/aromatic N) is 6. The minimum atomic E-state index is -1.40. The van der Waals surface area contributed by atoms with E-state index in [1.807, 2.05) is 38.1 Å². The summed E-state index contributed by atoms with van der Waals surface area (Å²) in [5.41, 5.74) is 4.84. The van der Waals surface area contributed by atoms with Crippen LogP contribution in [0.3, 0.4) is 0 Å². The number of ether oxygens (including phenoxy) is 5. The average molecular weight is 898 g/mol. The highest BCUT2D eigenvalue weighted by molar-refractivity contribution is 7.19. The Bertz CT molecular complexity index is 2610. The summed E-state index contributed by atoms with van der Waals surface area (Å²) < 4.78 is 31.7. The number of hydrogen-bond donors (Lipinski definition) is 1. The molecule has 62 heavy (non-hydrogen) atoms. The van der Waals surface area contributed by atoms with Gasteiger partial charge in [-0.3, -0.25) is 4.90 Å². The molecule has 16 heteroatoms. The molecular weight excluding hydrogens is 852 g/mol. The van der Waals surface area contributed by atoms with E-state index in [9.17, 15) is 9.90 Å². The Morgan fingerprint density at radius 1 is 1.00 bits per heavy atom. The lowest BCUT2D eigenvalue weighted by Gasteiger charge is -2.35. The number of thiophene rings is 1. The molecule has 1 N–H and O–H groups in total. The zero-order valence-electron chi connectivity index (χ0n) is 34.8. The number of halogens is 2. The highest BCUT2D eigenvalue weighted by Crippen LogP contribution is 2.50. The minimum absolute atomic E-state index is 0.0612. The topological polar surface area (TPSA) is 141 Å². The molecule has 0 amide bonds. The van der Waals surface area contributed by atoms with Crippen molar-refractivity contribution < 1.29 is 33.6 Å². The van der Waals surface area contributed by atoms with Crippen molar-refractivity contribution in [2.45, 2.75) is 45.5 Å². The van der Waals surface area contributed by atoms with E-state index in [2.05, 4.69) is 38.4 Å². The number of carboxylic acid groups (broad SMARTS) is 1. The van der Waals surface area contributed by atoms with Crippen molar-refractivity contribution in [3.8, 4) is 51.4 Å². The Balaban J connectivity index is 1.22. The summed E-state index contributed by atoms with van der Waals surface area (Å²) in [6, 6.07) is 14.6. The molecule has 3 aliphatic heterocycles. The number of likely N-dealkylation sites (N-methyl/N-ethyl adjacent to an activating group) is 1. The zero-order chi connectivity index (χ0) is 43.5. The molecule has 3 aliphatic rings. The number of para-hydroxylation sites is 1. The standard InChI is InChI=1S/C46H46Cl2N6O7S/c1-6-9-36-38-37-26(2)40(47)42(41(48)27(37)3)60-31(22-54-18-16-53(4)17-19-54)24-58-30-12-13-33(59-23-29-14-15-49-43(52-29)32-10-7-8-11-34(32)57-5)28(20-30)21-35(46(55)56)61-44-39(38)45(62-36)51-25-50-44/h6-8,10-15,20,25,31,35H,1,9,16-19,21-24H2,2-5H3,(H,55,56)/t31-,35-/m1/s1. The molecule has 1 fully saturated rings. The quantitative estimate of drug-likeness (QED) is 0.132. The largest absolute Gasteiger partial charge is 0.496 e. The molecule has 2 atom stereocenters. The van der Waals surface area contributed by atoms with Crippen molar-refractivity contribution in [1.29, 1.82) is 0 Å². The molecule has 3 aromatic carbocycles. The van der Waals surface area contributed by atoms with Crippen LogP contribution in [0.15, 0.2) is 73.7 Å². The molecule has 4 bridgehead atoms. The number of carbonyl (C=O) groups is 1. The van der Waals surface area contributed by atoms with E-state index in [0.29, 0.717) is 73.3 Å². The maximum absolute atomic E-state index is 13.2. The van der Waals surface area contributed by atoms with Crippen LogP contribution in [-0.2, 0) is 24.2 Å². The first-order valence-corrected chi connectivity index (χ1v) is 21.8. The third-order valence-corrected chi connectivity index (χ3v) is 13.1. The van der Waals surface area contributed by atoms with Gasteiger partial charge in [0.2, 0.25) is 12.0 Å². The number of carboxylic acids is 1. The van der Waals surface area contributed by atoms with Crippen molar-refractivity contribution in [1.82, 2.24) is 29.7 Å². The number of aromatic nitrogens is 4. The van der Waals surface area contributed by atoms with E-state index in [-0.39, 0.29) is 25.5 Å². The molecule has 0 saturated carbocycles. The summed E-state index contributed by atoms with van der Waals surface area (Å²) in [7, 11) is 3.71. The second-order valence-corrected chi connectivity index (χ2v) is 17.1. The number of hydrogen-bond acceptors (Lipinski definition) is 13. The smallest absolute Gasteiger partial charge is 0.345 e. The van der Waals surface area contributed by atoms with Gasteiger partial charge in [-0.15, -0.1) is 17.9 Å². The molecule has 13 nitrogen and oxygen atoms in total. The van der Waals surface area contributed by atoms with Gasteiger partial charge in [0.25, 0.3) is 0 Å². The Kier molecular flexibility index (Phi) is 13.1. The molecule has 0 aliphatic carbocycles. The first-order chi connectivity index (χ1) is 30.0. The molecule has 0 spiro atoms. The van der Waals surface area contributed by atoms with Gasteiger partial charge in [0, 0.05) is 67.8 Å². The van der Waals surface area contributed by atoms with E-state index in [4.69, 9.17) is 51.9 Å². The zero-order valence-corrected chi connectivity index (χ0v) is 37.1. The van der Waals surface area contributed by atoms with Crippen LogP contribution >= 0.6 is 34.5 Å². The Labute approximate surface area is 373 Å². The molecule has 6 heterocycles. The molecular formula is C46H46Cl2N6O7S. The molecule has 9 rings (SSSR count). The third-order valence-electron chi connectivity index (χ3n) is 11.1. The van der Waals surface area contributed by atoms with Crippen LogP contribution in [0.1, 0.15) is 27.3 Å². The van der Waals surface area contributed by atoms with Crippen LogP contribution in [0.25, 0.3) is 32.7 Å². The van der Waals surface area contributed by atoms with E-state index < -0.39 is 18.2 Å². The van der Waals surface area contributed by atoms with Gasteiger partial charge in [0.05, 0.1) is 33.8 Å². The van der Waals surface area contributed by atoms with Gasteiger partial charge in [0.15, 0.2) is 11.6 Å². The van der Waals surface area contributed by atoms with Gasteiger partial charge in [0.1, 0.15) is 47.7 Å². The lowest BCUT2D eigenvalue weighted by molar-refractivity contribution is -0.145. The predicted molar refractivity (Wildman–Crippen MR) is 241 cm³/mol. The summed E-state index contributed by atoms with van der Waals surface area (Å²) in [4.78, 5) is 37.7. The monoisotopic (exact) mass is 896 g/mol. The Hall–Kier alpha value is -5.51. The van der Waals surface area contributed by atoms with Gasteiger partial charge in [-0.25, -0.2) is 24.7 Å². The van der Waals surface area contributed by atoms with Gasteiger partial charge >= 0.3 is 5.97 Å². The summed E-state index contributed by atoms with van der Waals surface area (Å²) in [5.74, 6) is 1.29. The number of benzene rings is 3. The SMILES string of the molecule is C=CCc1sc2ncnc3c2c1-c1c(C)c(Cl)c(c(Cl)c1C)O[C@H](CN1CCN(C)CC1)COc1ccc(OCc2ccnc(-c4ccccc4OC)n2)c(c1)C[C@H](C(=O)O)O3. The number of piperazine rings is 1. The number of aliphatic carboxylic acids is 1. The maximum Gasteiger partial charge on any atom is 0.345 e. The molecule has 0 unspecified atom stereocenters. The fourth-order valence-electron chi connectivity index (χ4n) is 7.84. The number of methoxy groups -OCH3 is 1. The summed E-state index contributed by atoms with van der Waals surface area (Å²) >= 11 is 16.0. The predicted octanol–water partition coefficient (Wildman–Crippen LogP) is 8.52. The van der Waals surface area contributed by atoms with E-state index in [0.717, 1.165) is 58.9 Å². The first-order valence-electron chi connectivity index (χ1n) is 20.2. The van der Waals surface area contributed by atoms with Crippen LogP contribution in [0.4, 0.5) is 0 Å². The van der Waals surface area contributed by atoms with Crippen molar-refractivity contribution in [2.24, 2.45) is 0 Å². The van der Waals surface area contributed by atoms with Gasteiger partial charge < -0.3 is 33.7 Å². The molecule has 0 radical (unpaired) electrons. The maximum atomic E-state index is 13.2. The second-order valence-electron chi connectivity index (χ2n) is 15.3. The van der Waals surface area contributed by atoms with Crippen LogP contribution < -0.4 is 23.7 Å². The van der Waals surface area contributed by atoms with Gasteiger partial charge in [-0.1, -0.05) is 41.4 Å². The van der Waals surface area contributed by atoms with Gasteiger partial charge in [-0.2, -0.15) is 0 Å². The van der Waals surface area contributed by atoms with Crippen molar-refractivity contribution in [3.63, 3.8) is 0 Å². The Morgan fingerprint density at radius 2 is 1.77 bits per heavy atom. The van der Waals surface area contributed by atoms with Crippen LogP contribution in [0.5, 0.6) is 28.9 Å². The van der Waals surface area contributed by atoms with Crippen molar-refractivity contribution in [2.75, 3.05) is 53.5 Å². The second kappa shape index (κ2) is 18.9. The van der Waals surface area contributed by atoms with E-state index in [1.165, 1.54) is 17.7 Å². The van der Waals surface area contributed by atoms with Crippen LogP contribution in [0.2, 0.25) is 10.0 Å². The third kappa shape index (κ3) is 9.02. The lowest BCUT2D eigenvalue weighted by Crippen LogP contribution is -2.49. The molecule has 6 aromatic rings. The normalized spacial score (nSPS) is 17.1. The van der Waals surface area contributed by atoms with Crippen LogP contribution in [0, 0.1) is 13.8 Å². The average Bonchev–Trinajstić information content (AvgIpc) is 3.64. The molecule has 3 aromatic heterocycles. The molecule has 1 saturated heterocycles. The highest BCUT2D eigenvalue weighted by Gasteiger charge is 2.31. The molecule has 322 valence electrons. The lowest BCUT2D eigenvalue weighted by atomic mass is 9.92. The van der Waals surface area contributed by atoms with Gasteiger partial charge in [-0.05, 0) is 74.0 Å². The first kappa shape index (κ1) is 43.2. The number of rotatable bonds is 10. The van der Waals surface area contributed by atoms with E-state index in [1.54, 1.807) is 43.6 Å². The minimum Gasteiger partial charge on any atom is -0.496 e. The summed E-state index contributed by atoms with van der Waals surface area (Å²) in [6.07, 6.45) is 3.34. The fourth-order valence-corrected chi connectivity index (χ4v) is 9.49. The van der Waals surface area contributed by atoms with E-state index >= 15 is 0 Å². The summed E-state index contributed by atoms with van der Waals surface area (Å²) in [6.45, 7) is 12.2. The van der Waals surface area contributed by atoms with Crippen molar-refractivity contribution in [3.05, 3.63) is 111 Å². The highest BCUT2D eigenvalue weighted by atomic mass is 35.5. The fraction of sp³-hybridized carbons (Fsp3) is 0.326. The number of allylic oxidation sites excluding steroid dienone is 1. The number of fused-ring (bicyclic) bond motifs is 7. The van der Waals surface area contributed by atoms with Crippen LogP contribution in [-0.4, -0.2) is 107 Å².